The Hall–Kier alpha value is -2.96. The molecule has 2 heterocycles. The van der Waals surface area contributed by atoms with Gasteiger partial charge in [0.2, 0.25) is 0 Å². The Morgan fingerprint density at radius 3 is 2.40 bits per heavy atom. The van der Waals surface area contributed by atoms with Gasteiger partial charge in [-0.25, -0.2) is 0 Å². The van der Waals surface area contributed by atoms with Crippen molar-refractivity contribution in [2.75, 3.05) is 18.4 Å². The van der Waals surface area contributed by atoms with E-state index in [0.717, 1.165) is 12.1 Å². The largest absolute Gasteiger partial charge is 0.348 e. The summed E-state index contributed by atoms with van der Waals surface area (Å²) in [5.74, 6) is -0.333. The maximum Gasteiger partial charge on any atom is 0.265 e. The van der Waals surface area contributed by atoms with E-state index in [-0.39, 0.29) is 11.8 Å². The van der Waals surface area contributed by atoms with E-state index < -0.39 is 0 Å². The third-order valence-electron chi connectivity index (χ3n) is 5.21. The zero-order chi connectivity index (χ0) is 20.8. The molecule has 6 heteroatoms. The van der Waals surface area contributed by atoms with Crippen LogP contribution in [0.25, 0.3) is 0 Å². The summed E-state index contributed by atoms with van der Waals surface area (Å²) in [6, 6.07) is 19.0. The molecule has 2 aromatic carbocycles. The highest BCUT2D eigenvalue weighted by molar-refractivity contribution is 7.12. The molecule has 1 saturated heterocycles. The summed E-state index contributed by atoms with van der Waals surface area (Å²) < 4.78 is 0. The molecule has 0 radical (unpaired) electrons. The number of hydrogen-bond donors (Lipinski definition) is 2. The van der Waals surface area contributed by atoms with Gasteiger partial charge in [0.1, 0.15) is 0 Å². The maximum atomic E-state index is 12.6. The summed E-state index contributed by atoms with van der Waals surface area (Å²) in [4.78, 5) is 27.9. The third kappa shape index (κ3) is 5.34. The van der Waals surface area contributed by atoms with Gasteiger partial charge >= 0.3 is 0 Å². The zero-order valence-electron chi connectivity index (χ0n) is 16.8. The molecule has 1 aromatic heterocycles. The van der Waals surface area contributed by atoms with Gasteiger partial charge < -0.3 is 10.6 Å². The Morgan fingerprint density at radius 2 is 1.67 bits per heavy atom. The smallest absolute Gasteiger partial charge is 0.265 e. The summed E-state index contributed by atoms with van der Waals surface area (Å²) >= 11 is 1.38. The Morgan fingerprint density at radius 1 is 0.900 bits per heavy atom. The summed E-state index contributed by atoms with van der Waals surface area (Å²) in [5, 5.41) is 7.65. The van der Waals surface area contributed by atoms with Gasteiger partial charge in [0.05, 0.1) is 4.88 Å². The Kier molecular flexibility index (Phi) is 6.57. The molecule has 0 saturated carbocycles. The van der Waals surface area contributed by atoms with Gasteiger partial charge in [-0.2, -0.15) is 0 Å². The number of anilines is 1. The number of nitrogens with zero attached hydrogens (tertiary/aromatic N) is 1. The molecule has 0 spiro atoms. The second-order valence-corrected chi connectivity index (χ2v) is 8.44. The zero-order valence-corrected chi connectivity index (χ0v) is 17.6. The molecule has 2 N–H and O–H groups in total. The Labute approximate surface area is 180 Å². The van der Waals surface area contributed by atoms with E-state index in [2.05, 4.69) is 39.8 Å². The molecule has 0 atom stereocenters. The van der Waals surface area contributed by atoms with Crippen molar-refractivity contribution in [2.24, 2.45) is 0 Å². The number of thiophene rings is 1. The quantitative estimate of drug-likeness (QED) is 0.592. The molecular weight excluding hydrogens is 394 g/mol. The summed E-state index contributed by atoms with van der Waals surface area (Å²) in [6.07, 6.45) is 2.59. The highest BCUT2D eigenvalue weighted by atomic mass is 32.1. The van der Waals surface area contributed by atoms with E-state index in [1.54, 1.807) is 30.3 Å². The fourth-order valence-corrected chi connectivity index (χ4v) is 4.20. The molecule has 0 unspecified atom stereocenters. The van der Waals surface area contributed by atoms with Crippen LogP contribution in [0.2, 0.25) is 0 Å². The van der Waals surface area contributed by atoms with Crippen LogP contribution in [0.15, 0.2) is 66.0 Å². The molecule has 1 aliphatic heterocycles. The van der Waals surface area contributed by atoms with Crippen LogP contribution in [-0.2, 0) is 13.1 Å². The third-order valence-corrected chi connectivity index (χ3v) is 6.08. The molecule has 0 bridgehead atoms. The minimum Gasteiger partial charge on any atom is -0.348 e. The number of hydrogen-bond acceptors (Lipinski definition) is 4. The van der Waals surface area contributed by atoms with Crippen molar-refractivity contribution < 1.29 is 9.59 Å². The van der Waals surface area contributed by atoms with Crippen LogP contribution in [0, 0.1) is 0 Å². The topological polar surface area (TPSA) is 61.4 Å². The van der Waals surface area contributed by atoms with Gasteiger partial charge in [0.25, 0.3) is 11.8 Å². The van der Waals surface area contributed by atoms with Crippen molar-refractivity contribution in [3.63, 3.8) is 0 Å². The highest BCUT2D eigenvalue weighted by Gasteiger charge is 2.12. The molecular formula is C24H25N3O2S. The van der Waals surface area contributed by atoms with Gasteiger partial charge in [-0.1, -0.05) is 36.4 Å². The lowest BCUT2D eigenvalue weighted by molar-refractivity contribution is 0.0949. The molecule has 4 rings (SSSR count). The van der Waals surface area contributed by atoms with Crippen LogP contribution in [0.3, 0.4) is 0 Å². The number of carbonyl (C=O) groups is 2. The molecule has 154 valence electrons. The second-order valence-electron chi connectivity index (χ2n) is 7.49. The van der Waals surface area contributed by atoms with Crippen LogP contribution >= 0.6 is 11.3 Å². The summed E-state index contributed by atoms with van der Waals surface area (Å²) in [6.45, 7) is 3.83. The second kappa shape index (κ2) is 9.69. The minimum atomic E-state index is -0.170. The molecule has 1 fully saturated rings. The average molecular weight is 420 g/mol. The Bertz CT molecular complexity index is 994. The predicted molar refractivity (Wildman–Crippen MR) is 121 cm³/mol. The number of carbonyl (C=O) groups excluding carboxylic acids is 2. The van der Waals surface area contributed by atoms with Gasteiger partial charge in [-0.05, 0) is 66.7 Å². The van der Waals surface area contributed by atoms with E-state index in [1.165, 1.54) is 42.8 Å². The number of benzene rings is 2. The summed E-state index contributed by atoms with van der Waals surface area (Å²) in [5.41, 5.74) is 3.49. The van der Waals surface area contributed by atoms with Crippen LogP contribution in [0.1, 0.15) is 44.0 Å². The number of nitrogens with one attached hydrogen (secondary N) is 2. The lowest BCUT2D eigenvalue weighted by Crippen LogP contribution is -2.23. The lowest BCUT2D eigenvalue weighted by atomic mass is 10.1. The van der Waals surface area contributed by atoms with Crippen LogP contribution in [-0.4, -0.2) is 29.8 Å². The van der Waals surface area contributed by atoms with Gasteiger partial charge in [-0.15, -0.1) is 11.3 Å². The molecule has 5 nitrogen and oxygen atoms in total. The lowest BCUT2D eigenvalue weighted by Gasteiger charge is -2.14. The summed E-state index contributed by atoms with van der Waals surface area (Å²) in [7, 11) is 0. The molecule has 0 aliphatic carbocycles. The van der Waals surface area contributed by atoms with Gasteiger partial charge in [0, 0.05) is 24.3 Å². The van der Waals surface area contributed by atoms with Gasteiger partial charge in [-0.3, -0.25) is 14.5 Å². The SMILES string of the molecule is O=C(NCc1ccc(CN2CCCC2)cc1)c1cccc(NC(=O)c2cccs2)c1. The molecule has 30 heavy (non-hydrogen) atoms. The van der Waals surface area contributed by atoms with Crippen molar-refractivity contribution in [3.8, 4) is 0 Å². The predicted octanol–water partition coefficient (Wildman–Crippen LogP) is 4.53. The van der Waals surface area contributed by atoms with Crippen molar-refractivity contribution in [3.05, 3.63) is 87.6 Å². The normalized spacial score (nSPS) is 13.9. The van der Waals surface area contributed by atoms with E-state index in [9.17, 15) is 9.59 Å². The van der Waals surface area contributed by atoms with Crippen molar-refractivity contribution in [1.29, 1.82) is 0 Å². The maximum absolute atomic E-state index is 12.6. The number of rotatable bonds is 7. The van der Waals surface area contributed by atoms with E-state index in [1.807, 2.05) is 11.4 Å². The van der Waals surface area contributed by atoms with Gasteiger partial charge in [0.15, 0.2) is 0 Å². The van der Waals surface area contributed by atoms with E-state index >= 15 is 0 Å². The van der Waals surface area contributed by atoms with E-state index in [0.29, 0.717) is 22.7 Å². The fourth-order valence-electron chi connectivity index (χ4n) is 3.58. The first kappa shape index (κ1) is 20.3. The standard InChI is InChI=1S/C24H25N3O2S/c28-23(20-5-3-6-21(15-20)26-24(29)22-7-4-14-30-22)25-16-18-8-10-19(11-9-18)17-27-12-1-2-13-27/h3-11,14-15H,1-2,12-13,16-17H2,(H,25,28)(H,26,29). The van der Waals surface area contributed by atoms with E-state index in [4.69, 9.17) is 0 Å². The Balaban J connectivity index is 1.31. The number of amides is 2. The van der Waals surface area contributed by atoms with Crippen LogP contribution in [0.4, 0.5) is 5.69 Å². The first-order valence-electron chi connectivity index (χ1n) is 10.2. The highest BCUT2D eigenvalue weighted by Crippen LogP contribution is 2.16. The minimum absolute atomic E-state index is 0.164. The molecule has 2 amide bonds. The average Bonchev–Trinajstić information content (AvgIpc) is 3.48. The molecule has 1 aliphatic rings. The fraction of sp³-hybridized carbons (Fsp3) is 0.250. The van der Waals surface area contributed by atoms with Crippen LogP contribution < -0.4 is 10.6 Å². The first-order chi connectivity index (χ1) is 14.7. The molecule has 3 aromatic rings. The van der Waals surface area contributed by atoms with Crippen molar-refractivity contribution in [1.82, 2.24) is 10.2 Å². The van der Waals surface area contributed by atoms with Crippen LogP contribution in [0.5, 0.6) is 0 Å². The van der Waals surface area contributed by atoms with Crippen molar-refractivity contribution >= 4 is 28.8 Å². The van der Waals surface area contributed by atoms with Crippen molar-refractivity contribution in [2.45, 2.75) is 25.9 Å². The number of likely N-dealkylation sites (tertiary alicyclic amines) is 1. The first-order valence-corrected chi connectivity index (χ1v) is 11.1. The monoisotopic (exact) mass is 419 g/mol.